The summed E-state index contributed by atoms with van der Waals surface area (Å²) in [5.74, 6) is 0.516. The maximum absolute atomic E-state index is 5.68. The lowest BCUT2D eigenvalue weighted by Gasteiger charge is -2.14. The predicted octanol–water partition coefficient (Wildman–Crippen LogP) is 3.63. The van der Waals surface area contributed by atoms with E-state index in [0.29, 0.717) is 24.2 Å². The van der Waals surface area contributed by atoms with E-state index < -0.39 is 0 Å². The van der Waals surface area contributed by atoms with E-state index in [2.05, 4.69) is 60.0 Å². The van der Waals surface area contributed by atoms with Crippen LogP contribution >= 0.6 is 0 Å². The van der Waals surface area contributed by atoms with Gasteiger partial charge < -0.3 is 14.5 Å². The Balaban J connectivity index is 2.02. The molecule has 1 aromatic carbocycles. The van der Waals surface area contributed by atoms with E-state index in [1.54, 1.807) is 12.3 Å². The molecule has 0 saturated carbocycles. The summed E-state index contributed by atoms with van der Waals surface area (Å²) in [4.78, 5) is 8.96. The summed E-state index contributed by atoms with van der Waals surface area (Å²) in [6.45, 7) is 9.29. The number of hydrogen-bond acceptors (Lipinski definition) is 4. The molecule has 0 bridgehead atoms. The Bertz CT molecular complexity index is 840. The van der Waals surface area contributed by atoms with Crippen molar-refractivity contribution in [2.45, 2.75) is 19.9 Å². The van der Waals surface area contributed by atoms with E-state index >= 15 is 0 Å². The minimum atomic E-state index is 0.295. The monoisotopic (exact) mass is 322 g/mol. The highest BCUT2D eigenvalue weighted by molar-refractivity contribution is 5.63. The van der Waals surface area contributed by atoms with Crippen LogP contribution < -0.4 is 10.1 Å². The van der Waals surface area contributed by atoms with E-state index in [0.717, 1.165) is 17.8 Å². The summed E-state index contributed by atoms with van der Waals surface area (Å²) in [6, 6.07) is 8.70. The second-order valence-electron chi connectivity index (χ2n) is 5.59. The average Bonchev–Trinajstić information content (AvgIpc) is 3.08. The van der Waals surface area contributed by atoms with Crippen LogP contribution in [0, 0.1) is 0 Å². The molecule has 1 N–H and O–H groups in total. The molecule has 5 nitrogen and oxygen atoms in total. The fourth-order valence-electron chi connectivity index (χ4n) is 2.67. The highest BCUT2D eigenvalue weighted by atomic mass is 16.5. The van der Waals surface area contributed by atoms with Crippen molar-refractivity contribution < 1.29 is 4.74 Å². The first-order valence-corrected chi connectivity index (χ1v) is 8.14. The Kier molecular flexibility index (Phi) is 4.91. The van der Waals surface area contributed by atoms with Gasteiger partial charge in [0.2, 0.25) is 5.65 Å². The summed E-state index contributed by atoms with van der Waals surface area (Å²) >= 11 is 0. The van der Waals surface area contributed by atoms with Gasteiger partial charge in [-0.15, -0.1) is 0 Å². The molecule has 0 aliphatic carbocycles. The zero-order valence-electron chi connectivity index (χ0n) is 14.1. The molecule has 0 saturated heterocycles. The summed E-state index contributed by atoms with van der Waals surface area (Å²) in [7, 11) is 0. The maximum atomic E-state index is 5.68. The number of nitrogens with zero attached hydrogens (tertiary/aromatic N) is 3. The predicted molar refractivity (Wildman–Crippen MR) is 96.2 cm³/mol. The van der Waals surface area contributed by atoms with Gasteiger partial charge in [-0.1, -0.05) is 37.8 Å². The van der Waals surface area contributed by atoms with Gasteiger partial charge in [0.1, 0.15) is 6.61 Å². The molecular formula is C19H22N4O. The van der Waals surface area contributed by atoms with Crippen LogP contribution in [-0.2, 0) is 0 Å². The zero-order chi connectivity index (χ0) is 16.9. The number of aromatic nitrogens is 3. The smallest absolute Gasteiger partial charge is 0.259 e. The third-order valence-corrected chi connectivity index (χ3v) is 3.87. The Morgan fingerprint density at radius 3 is 3.08 bits per heavy atom. The molecule has 3 rings (SSSR count). The standard InChI is InChI=1S/C19H22N4O/c1-4-11-24-19-18-21-9-10-23(18)13-17(22-19)16-8-6-7-15(12-16)14(3)20-5-2/h4,6-10,12-14,20H,1,5,11H2,2-3H3. The first-order chi connectivity index (χ1) is 11.7. The van der Waals surface area contributed by atoms with Gasteiger partial charge in [0.15, 0.2) is 0 Å². The van der Waals surface area contributed by atoms with Crippen molar-refractivity contribution in [3.8, 4) is 17.1 Å². The highest BCUT2D eigenvalue weighted by Crippen LogP contribution is 2.25. The molecule has 3 aromatic rings. The lowest BCUT2D eigenvalue weighted by Crippen LogP contribution is -2.17. The minimum Gasteiger partial charge on any atom is -0.471 e. The van der Waals surface area contributed by atoms with Gasteiger partial charge in [-0.3, -0.25) is 0 Å². The molecule has 5 heteroatoms. The van der Waals surface area contributed by atoms with E-state index in [1.165, 1.54) is 5.56 Å². The second-order valence-corrected chi connectivity index (χ2v) is 5.59. The van der Waals surface area contributed by atoms with Crippen LogP contribution in [-0.4, -0.2) is 27.5 Å². The number of fused-ring (bicyclic) bond motifs is 1. The first-order valence-electron chi connectivity index (χ1n) is 8.14. The van der Waals surface area contributed by atoms with Gasteiger partial charge in [0.25, 0.3) is 5.88 Å². The van der Waals surface area contributed by atoms with Gasteiger partial charge in [-0.2, -0.15) is 0 Å². The molecule has 2 aromatic heterocycles. The van der Waals surface area contributed by atoms with Crippen LogP contribution in [0.2, 0.25) is 0 Å². The van der Waals surface area contributed by atoms with Crippen LogP contribution in [0.25, 0.3) is 16.9 Å². The Morgan fingerprint density at radius 2 is 2.29 bits per heavy atom. The molecule has 24 heavy (non-hydrogen) atoms. The van der Waals surface area contributed by atoms with Crippen LogP contribution in [0.5, 0.6) is 5.88 Å². The summed E-state index contributed by atoms with van der Waals surface area (Å²) in [5.41, 5.74) is 3.84. The van der Waals surface area contributed by atoms with Crippen LogP contribution in [0.15, 0.2) is 55.5 Å². The topological polar surface area (TPSA) is 51.5 Å². The van der Waals surface area contributed by atoms with Crippen molar-refractivity contribution in [3.63, 3.8) is 0 Å². The Morgan fingerprint density at radius 1 is 1.42 bits per heavy atom. The first kappa shape index (κ1) is 16.2. The van der Waals surface area contributed by atoms with Crippen molar-refractivity contribution in [1.82, 2.24) is 19.7 Å². The molecule has 2 heterocycles. The normalized spacial score (nSPS) is 12.2. The van der Waals surface area contributed by atoms with E-state index in [1.807, 2.05) is 16.8 Å². The maximum Gasteiger partial charge on any atom is 0.259 e. The molecule has 0 radical (unpaired) electrons. The van der Waals surface area contributed by atoms with Gasteiger partial charge in [-0.25, -0.2) is 9.97 Å². The fraction of sp³-hybridized carbons (Fsp3) is 0.263. The third-order valence-electron chi connectivity index (χ3n) is 3.87. The van der Waals surface area contributed by atoms with Crippen molar-refractivity contribution in [2.24, 2.45) is 0 Å². The third kappa shape index (κ3) is 3.31. The van der Waals surface area contributed by atoms with Crippen molar-refractivity contribution >= 4 is 5.65 Å². The van der Waals surface area contributed by atoms with Crippen LogP contribution in [0.1, 0.15) is 25.5 Å². The van der Waals surface area contributed by atoms with Crippen molar-refractivity contribution in [2.75, 3.05) is 13.2 Å². The zero-order valence-corrected chi connectivity index (χ0v) is 14.1. The molecule has 0 aliphatic heterocycles. The second kappa shape index (κ2) is 7.27. The molecular weight excluding hydrogens is 300 g/mol. The van der Waals surface area contributed by atoms with E-state index in [4.69, 9.17) is 4.74 Å². The van der Waals surface area contributed by atoms with E-state index in [-0.39, 0.29) is 0 Å². The molecule has 0 fully saturated rings. The number of benzene rings is 1. The largest absolute Gasteiger partial charge is 0.471 e. The van der Waals surface area contributed by atoms with E-state index in [9.17, 15) is 0 Å². The van der Waals surface area contributed by atoms with Gasteiger partial charge in [0, 0.05) is 30.2 Å². The lowest BCUT2D eigenvalue weighted by molar-refractivity contribution is 0.351. The van der Waals surface area contributed by atoms with Crippen LogP contribution in [0.4, 0.5) is 0 Å². The lowest BCUT2D eigenvalue weighted by atomic mass is 10.0. The molecule has 124 valence electrons. The molecule has 0 aliphatic rings. The number of hydrogen-bond donors (Lipinski definition) is 1. The number of rotatable bonds is 7. The summed E-state index contributed by atoms with van der Waals surface area (Å²) in [5, 5.41) is 3.43. The number of imidazole rings is 1. The molecule has 0 amide bonds. The van der Waals surface area contributed by atoms with Gasteiger partial charge in [-0.05, 0) is 25.1 Å². The van der Waals surface area contributed by atoms with Gasteiger partial charge in [0.05, 0.1) is 5.69 Å². The summed E-state index contributed by atoms with van der Waals surface area (Å²) in [6.07, 6.45) is 7.31. The molecule has 1 atom stereocenters. The Hall–Kier alpha value is -2.66. The van der Waals surface area contributed by atoms with Crippen molar-refractivity contribution in [1.29, 1.82) is 0 Å². The van der Waals surface area contributed by atoms with Crippen LogP contribution in [0.3, 0.4) is 0 Å². The highest BCUT2D eigenvalue weighted by Gasteiger charge is 2.11. The molecule has 1 unspecified atom stereocenters. The Labute approximate surface area is 142 Å². The number of ether oxygens (including phenoxy) is 1. The fourth-order valence-corrected chi connectivity index (χ4v) is 2.67. The van der Waals surface area contributed by atoms with Gasteiger partial charge >= 0.3 is 0 Å². The summed E-state index contributed by atoms with van der Waals surface area (Å²) < 4.78 is 7.61. The average molecular weight is 322 g/mol. The minimum absolute atomic E-state index is 0.295. The van der Waals surface area contributed by atoms with Crippen molar-refractivity contribution in [3.05, 3.63) is 61.1 Å². The number of nitrogens with one attached hydrogen (secondary N) is 1. The SMILES string of the molecule is C=CCOc1nc(-c2cccc(C(C)NCC)c2)cn2ccnc12. The molecule has 0 spiro atoms. The quantitative estimate of drug-likeness (QED) is 0.675.